The highest BCUT2D eigenvalue weighted by Gasteiger charge is 2.54. The molecule has 1 aliphatic heterocycles. The second-order valence-electron chi connectivity index (χ2n) is 4.66. The van der Waals surface area contributed by atoms with E-state index in [0.29, 0.717) is 0 Å². The molecular formula is C16H15N2O6P. The van der Waals surface area contributed by atoms with Crippen molar-refractivity contribution in [1.82, 2.24) is 10.2 Å². The quantitative estimate of drug-likeness (QED) is 0.542. The van der Waals surface area contributed by atoms with Gasteiger partial charge in [0.25, 0.3) is 5.91 Å². The Bertz CT molecular complexity index is 1220. The zero-order valence-corrected chi connectivity index (χ0v) is 13.0. The van der Waals surface area contributed by atoms with E-state index in [-0.39, 0.29) is 4.90 Å². The molecule has 2 aromatic carbocycles. The van der Waals surface area contributed by atoms with Crippen LogP contribution in [0.2, 0.25) is 0 Å². The number of carbonyl (C=O) groups is 2. The first-order chi connectivity index (χ1) is 16.0. The number of hydrogen-bond acceptors (Lipinski definition) is 4. The van der Waals surface area contributed by atoms with Crippen LogP contribution in [0.25, 0.3) is 0 Å². The first-order valence-electron chi connectivity index (χ1n) is 11.5. The van der Waals surface area contributed by atoms with Gasteiger partial charge in [0.15, 0.2) is 5.54 Å². The molecule has 3 N–H and O–H groups in total. The van der Waals surface area contributed by atoms with E-state index < -0.39 is 104 Å². The first-order valence-corrected chi connectivity index (χ1v) is 8.01. The van der Waals surface area contributed by atoms with Crippen LogP contribution in [0.3, 0.4) is 0 Å². The van der Waals surface area contributed by atoms with E-state index in [4.69, 9.17) is 23.5 Å². The lowest BCUT2D eigenvalue weighted by Gasteiger charge is -2.27. The zero-order chi connectivity index (χ0) is 26.8. The number of amides is 3. The van der Waals surface area contributed by atoms with Crippen molar-refractivity contribution in [2.45, 2.75) is 5.54 Å². The van der Waals surface area contributed by atoms with Crippen molar-refractivity contribution < 1.29 is 42.2 Å². The van der Waals surface area contributed by atoms with Gasteiger partial charge in [-0.2, -0.15) is 0 Å². The van der Waals surface area contributed by atoms with Crippen molar-refractivity contribution in [2.24, 2.45) is 0 Å². The molecule has 1 fully saturated rings. The molecule has 0 aromatic heterocycles. The molecule has 0 bridgehead atoms. The molecule has 25 heavy (non-hydrogen) atoms. The highest BCUT2D eigenvalue weighted by molar-refractivity contribution is 7.46. The highest BCUT2D eigenvalue weighted by Crippen LogP contribution is 2.39. The van der Waals surface area contributed by atoms with Crippen LogP contribution >= 0.6 is 7.82 Å². The number of carbonyl (C=O) groups excluding carboxylic acids is 2. The number of nitrogens with one attached hydrogen (secondary N) is 1. The van der Waals surface area contributed by atoms with Crippen molar-refractivity contribution in [3.05, 3.63) is 71.6 Å². The van der Waals surface area contributed by atoms with E-state index in [1.165, 1.54) is 0 Å². The monoisotopic (exact) mass is 372 g/mol. The second kappa shape index (κ2) is 6.42. The molecule has 3 amide bonds. The van der Waals surface area contributed by atoms with Crippen LogP contribution in [-0.4, -0.2) is 33.4 Å². The van der Waals surface area contributed by atoms with Gasteiger partial charge in [-0.3, -0.25) is 9.32 Å². The molecule has 0 atom stereocenters. The Morgan fingerprint density at radius 2 is 1.52 bits per heavy atom. The molecule has 0 radical (unpaired) electrons. The van der Waals surface area contributed by atoms with Crippen molar-refractivity contribution in [3.63, 3.8) is 0 Å². The third-order valence-electron chi connectivity index (χ3n) is 3.21. The van der Waals surface area contributed by atoms with Crippen LogP contribution in [0.5, 0.6) is 0 Å². The Morgan fingerprint density at radius 1 is 1.04 bits per heavy atom. The van der Waals surface area contributed by atoms with Gasteiger partial charge in [-0.1, -0.05) is 60.4 Å². The molecule has 1 heterocycles. The minimum atomic E-state index is -5.23. The Kier molecular flexibility index (Phi) is 2.24. The topological polar surface area (TPSA) is 116 Å². The molecule has 0 unspecified atom stereocenters. The average molecular weight is 372 g/mol. The molecule has 0 saturated carbocycles. The van der Waals surface area contributed by atoms with Crippen LogP contribution in [0, 0.1) is 0 Å². The van der Waals surface area contributed by atoms with Gasteiger partial charge in [0.2, 0.25) is 0 Å². The maximum atomic E-state index is 13.6. The Labute approximate surface area is 157 Å². The maximum absolute atomic E-state index is 13.6. The smallest absolute Gasteiger partial charge is 0.315 e. The molecule has 1 aliphatic rings. The van der Waals surface area contributed by atoms with Crippen molar-refractivity contribution in [2.75, 3.05) is 6.73 Å². The fraction of sp³-hybridized carbons (Fsp3) is 0.125. The maximum Gasteiger partial charge on any atom is 0.471 e. The summed E-state index contributed by atoms with van der Waals surface area (Å²) >= 11 is 0. The summed E-state index contributed by atoms with van der Waals surface area (Å²) in [5.41, 5.74) is -4.87. The minimum Gasteiger partial charge on any atom is -0.315 e. The van der Waals surface area contributed by atoms with Gasteiger partial charge in [0.1, 0.15) is 6.73 Å². The first kappa shape index (κ1) is 8.73. The summed E-state index contributed by atoms with van der Waals surface area (Å²) in [7, 11) is -5.23. The molecule has 130 valence electrons. The van der Waals surface area contributed by atoms with E-state index >= 15 is 0 Å². The van der Waals surface area contributed by atoms with Gasteiger partial charge in [-0.15, -0.1) is 0 Å². The minimum absolute atomic E-state index is 0.0700. The van der Waals surface area contributed by atoms with Crippen LogP contribution in [-0.2, 0) is 19.4 Å². The predicted octanol–water partition coefficient (Wildman–Crippen LogP) is 1.55. The molecule has 1 saturated heterocycles. The zero-order valence-electron chi connectivity index (χ0n) is 22.1. The largest absolute Gasteiger partial charge is 0.471 e. The number of benzene rings is 2. The molecule has 2 aromatic rings. The lowest BCUT2D eigenvalue weighted by atomic mass is 9.83. The number of imide groups is 1. The highest BCUT2D eigenvalue weighted by atomic mass is 31.2. The Morgan fingerprint density at radius 3 is 1.96 bits per heavy atom. The Balaban J connectivity index is 2.50. The molecule has 3 rings (SSSR count). The average Bonchev–Trinajstić information content (AvgIpc) is 3.01. The van der Waals surface area contributed by atoms with Crippen molar-refractivity contribution in [3.8, 4) is 0 Å². The van der Waals surface area contributed by atoms with E-state index in [9.17, 15) is 14.2 Å². The lowest BCUT2D eigenvalue weighted by molar-refractivity contribution is -0.132. The fourth-order valence-electron chi connectivity index (χ4n) is 2.17. The summed E-state index contributed by atoms with van der Waals surface area (Å²) in [6.07, 6.45) is 0. The summed E-state index contributed by atoms with van der Waals surface area (Å²) in [6.45, 7) is -1.37. The number of hydrogen-bond donors (Lipinski definition) is 3. The number of urea groups is 1. The molecular weight excluding hydrogens is 347 g/mol. The molecule has 0 aliphatic carbocycles. The number of phosphoric acid groups is 1. The van der Waals surface area contributed by atoms with Crippen LogP contribution in [0.4, 0.5) is 4.79 Å². The Hall–Kier alpha value is -2.51. The van der Waals surface area contributed by atoms with Gasteiger partial charge in [-0.05, 0) is 11.1 Å². The second-order valence-corrected chi connectivity index (χ2v) is 5.90. The van der Waals surface area contributed by atoms with Gasteiger partial charge in [0, 0.05) is 0 Å². The van der Waals surface area contributed by atoms with Gasteiger partial charge < -0.3 is 15.1 Å². The SMILES string of the molecule is [2H]c1c([2H])c([2H])c(C2(c3c([2H])c([2H])c([2H])c([2H])c3[2H])NC(=O)N(COP(=O)(O)O)C2=O)c([2H])c1[2H]. The van der Waals surface area contributed by atoms with Gasteiger partial charge in [-0.25, -0.2) is 14.3 Å². The van der Waals surface area contributed by atoms with Crippen molar-refractivity contribution in [1.29, 1.82) is 0 Å². The summed E-state index contributed by atoms with van der Waals surface area (Å²) in [5, 5.41) is 2.02. The van der Waals surface area contributed by atoms with Crippen LogP contribution in [0.1, 0.15) is 24.8 Å². The summed E-state index contributed by atoms with van der Waals surface area (Å²) in [5.74, 6) is -1.56. The van der Waals surface area contributed by atoms with E-state index in [2.05, 4.69) is 4.52 Å². The van der Waals surface area contributed by atoms with Crippen molar-refractivity contribution >= 4 is 19.8 Å². The third-order valence-corrected chi connectivity index (χ3v) is 3.66. The molecule has 9 heteroatoms. The summed E-state index contributed by atoms with van der Waals surface area (Å²) in [6, 6.07) is -11.2. The number of phosphoric ester groups is 1. The molecule has 0 spiro atoms. The number of rotatable bonds is 5. The summed E-state index contributed by atoms with van der Waals surface area (Å²) < 4.78 is 95.7. The van der Waals surface area contributed by atoms with Gasteiger partial charge >= 0.3 is 13.9 Å². The third kappa shape index (κ3) is 3.20. The van der Waals surface area contributed by atoms with E-state index in [1.54, 1.807) is 0 Å². The molecule has 8 nitrogen and oxygen atoms in total. The standard InChI is InChI=1S/C16H15N2O6P/c19-14-16(12-7-3-1-4-8-12,13-9-5-2-6-10-13)17-15(20)18(14)11-24-25(21,22)23/h1-10H,11H2,(H,17,20)(H2,21,22,23)/i1D,2D,3D,4D,5D,6D,7D,8D,9D,10D. The predicted molar refractivity (Wildman–Crippen MR) is 87.0 cm³/mol. The van der Waals surface area contributed by atoms with Crippen LogP contribution < -0.4 is 5.32 Å². The van der Waals surface area contributed by atoms with E-state index in [0.717, 1.165) is 0 Å². The number of nitrogens with zero attached hydrogens (tertiary/aromatic N) is 1. The fourth-order valence-corrected chi connectivity index (χ4v) is 2.43. The summed E-state index contributed by atoms with van der Waals surface area (Å²) in [4.78, 5) is 44.3. The lowest BCUT2D eigenvalue weighted by Crippen LogP contribution is -2.45. The normalized spacial score (nSPS) is 22.4. The van der Waals surface area contributed by atoms with Crippen LogP contribution in [0.15, 0.2) is 60.4 Å². The van der Waals surface area contributed by atoms with E-state index in [1.807, 2.05) is 5.32 Å². The van der Waals surface area contributed by atoms with Gasteiger partial charge in [0.05, 0.1) is 13.7 Å².